The molecule has 1 N–H and O–H groups in total. The van der Waals surface area contributed by atoms with Crippen molar-refractivity contribution in [2.75, 3.05) is 5.32 Å². The van der Waals surface area contributed by atoms with Gasteiger partial charge in [-0.25, -0.2) is 0 Å². The second-order valence-electron chi connectivity index (χ2n) is 5.01. The lowest BCUT2D eigenvalue weighted by Crippen LogP contribution is -2.26. The van der Waals surface area contributed by atoms with Crippen LogP contribution in [0.5, 0.6) is 5.75 Å². The van der Waals surface area contributed by atoms with Crippen LogP contribution in [0.4, 0.5) is 14.5 Å². The number of rotatable bonds is 7. The van der Waals surface area contributed by atoms with Crippen LogP contribution in [0.3, 0.4) is 0 Å². The summed E-state index contributed by atoms with van der Waals surface area (Å²) in [4.78, 5) is 17.1. The van der Waals surface area contributed by atoms with Crippen molar-refractivity contribution in [3.8, 4) is 5.75 Å². The fourth-order valence-electron chi connectivity index (χ4n) is 1.84. The molecule has 2 rings (SSSR count). The van der Waals surface area contributed by atoms with Gasteiger partial charge >= 0.3 is 6.61 Å². The van der Waals surface area contributed by atoms with Gasteiger partial charge in [-0.3, -0.25) is 4.79 Å². The van der Waals surface area contributed by atoms with E-state index < -0.39 is 18.6 Å². The highest BCUT2D eigenvalue weighted by Crippen LogP contribution is 2.25. The number of carbonyl (C=O) groups is 1. The van der Waals surface area contributed by atoms with Crippen LogP contribution in [0.25, 0.3) is 0 Å². The fraction of sp³-hybridized carbons (Fsp3) is 0.176. The molecule has 26 heavy (non-hydrogen) atoms. The summed E-state index contributed by atoms with van der Waals surface area (Å²) in [5, 5.41) is 6.93. The number of para-hydroxylation sites is 1. The first kappa shape index (κ1) is 19.9. The lowest BCUT2D eigenvalue weighted by molar-refractivity contribution is -0.126. The zero-order valence-corrected chi connectivity index (χ0v) is 15.0. The molecule has 0 aromatic heterocycles. The van der Waals surface area contributed by atoms with Crippen LogP contribution < -0.4 is 10.1 Å². The first-order valence-corrected chi connectivity index (χ1v) is 8.11. The van der Waals surface area contributed by atoms with Crippen LogP contribution in [0.1, 0.15) is 12.5 Å². The predicted octanol–water partition coefficient (Wildman–Crippen LogP) is 4.97. The molecule has 0 heterocycles. The molecule has 0 saturated heterocycles. The Bertz CT molecular complexity index is 803. The summed E-state index contributed by atoms with van der Waals surface area (Å²) in [5.74, 6) is -0.552. The number of hydrogen-bond donors (Lipinski definition) is 1. The minimum absolute atomic E-state index is 0.0556. The van der Waals surface area contributed by atoms with Crippen molar-refractivity contribution in [3.05, 3.63) is 58.1 Å². The van der Waals surface area contributed by atoms with Crippen molar-refractivity contribution in [1.29, 1.82) is 0 Å². The summed E-state index contributed by atoms with van der Waals surface area (Å²) in [6.45, 7) is -1.49. The predicted molar refractivity (Wildman–Crippen MR) is 96.3 cm³/mol. The molecule has 2 aromatic carbocycles. The Morgan fingerprint density at radius 3 is 2.65 bits per heavy atom. The molecule has 1 unspecified atom stereocenters. The highest BCUT2D eigenvalue weighted by Gasteiger charge is 2.16. The minimum Gasteiger partial charge on any atom is -0.434 e. The Morgan fingerprint density at radius 1 is 1.23 bits per heavy atom. The van der Waals surface area contributed by atoms with Crippen LogP contribution in [0.2, 0.25) is 10.0 Å². The van der Waals surface area contributed by atoms with Crippen LogP contribution in [-0.4, -0.2) is 24.8 Å². The van der Waals surface area contributed by atoms with Gasteiger partial charge in [-0.2, -0.15) is 8.78 Å². The van der Waals surface area contributed by atoms with Gasteiger partial charge < -0.3 is 14.9 Å². The molecule has 0 aliphatic carbocycles. The van der Waals surface area contributed by atoms with Gasteiger partial charge in [0.1, 0.15) is 5.75 Å². The Kier molecular flexibility index (Phi) is 7.17. The van der Waals surface area contributed by atoms with Gasteiger partial charge in [0.2, 0.25) is 6.10 Å². The number of benzene rings is 2. The van der Waals surface area contributed by atoms with Gasteiger partial charge in [0.15, 0.2) is 0 Å². The summed E-state index contributed by atoms with van der Waals surface area (Å²) in [6, 6.07) is 10.7. The molecule has 0 spiro atoms. The molecule has 0 radical (unpaired) electrons. The molecule has 1 amide bonds. The van der Waals surface area contributed by atoms with E-state index in [2.05, 4.69) is 15.2 Å². The fourth-order valence-corrected chi connectivity index (χ4v) is 2.30. The molecule has 0 aliphatic heterocycles. The lowest BCUT2D eigenvalue weighted by atomic mass is 10.2. The van der Waals surface area contributed by atoms with Gasteiger partial charge in [-0.1, -0.05) is 40.5 Å². The zero-order valence-electron chi connectivity index (χ0n) is 13.5. The average Bonchev–Trinajstić information content (AvgIpc) is 2.58. The number of carbonyl (C=O) groups excluding carboxylic acids is 1. The quantitative estimate of drug-likeness (QED) is 0.525. The van der Waals surface area contributed by atoms with Gasteiger partial charge in [0.25, 0.3) is 5.91 Å². The van der Waals surface area contributed by atoms with E-state index in [1.807, 2.05) is 0 Å². The first-order valence-electron chi connectivity index (χ1n) is 7.35. The first-order chi connectivity index (χ1) is 12.4. The number of nitrogens with zero attached hydrogens (tertiary/aromatic N) is 1. The van der Waals surface area contributed by atoms with Crippen LogP contribution in [0, 0.1) is 0 Å². The van der Waals surface area contributed by atoms with E-state index in [1.54, 1.807) is 24.3 Å². The highest BCUT2D eigenvalue weighted by molar-refractivity contribution is 6.36. The molecule has 1 atom stereocenters. The van der Waals surface area contributed by atoms with Crippen LogP contribution in [0.15, 0.2) is 47.6 Å². The summed E-state index contributed by atoms with van der Waals surface area (Å²) in [5.41, 5.74) is 0.650. The topological polar surface area (TPSA) is 59.9 Å². The van der Waals surface area contributed by atoms with E-state index >= 15 is 0 Å². The third kappa shape index (κ3) is 5.86. The van der Waals surface area contributed by atoms with Crippen molar-refractivity contribution in [3.63, 3.8) is 0 Å². The highest BCUT2D eigenvalue weighted by atomic mass is 35.5. The van der Waals surface area contributed by atoms with E-state index in [4.69, 9.17) is 28.0 Å². The normalized spacial score (nSPS) is 12.2. The number of hydrogen-bond acceptors (Lipinski definition) is 4. The van der Waals surface area contributed by atoms with E-state index in [0.29, 0.717) is 10.7 Å². The summed E-state index contributed by atoms with van der Waals surface area (Å²) >= 11 is 11.8. The number of anilines is 1. The lowest BCUT2D eigenvalue weighted by Gasteiger charge is -2.12. The maximum atomic E-state index is 12.4. The van der Waals surface area contributed by atoms with Gasteiger partial charge in [-0.15, -0.1) is 0 Å². The van der Waals surface area contributed by atoms with E-state index in [9.17, 15) is 13.6 Å². The molecule has 138 valence electrons. The Labute approximate surface area is 158 Å². The Balaban J connectivity index is 1.96. The average molecular weight is 403 g/mol. The van der Waals surface area contributed by atoms with Crippen LogP contribution >= 0.6 is 23.2 Å². The van der Waals surface area contributed by atoms with E-state index in [-0.39, 0.29) is 16.3 Å². The van der Waals surface area contributed by atoms with Crippen molar-refractivity contribution in [1.82, 2.24) is 0 Å². The molecular weight excluding hydrogens is 389 g/mol. The van der Waals surface area contributed by atoms with Crippen molar-refractivity contribution >= 4 is 41.0 Å². The second-order valence-corrected chi connectivity index (χ2v) is 5.86. The maximum absolute atomic E-state index is 12.4. The third-order valence-electron chi connectivity index (χ3n) is 3.10. The van der Waals surface area contributed by atoms with Crippen molar-refractivity contribution in [2.45, 2.75) is 19.6 Å². The van der Waals surface area contributed by atoms with Gasteiger partial charge in [-0.05, 0) is 37.3 Å². The molecule has 0 aliphatic rings. The minimum atomic E-state index is -2.96. The van der Waals surface area contributed by atoms with Gasteiger partial charge in [0.05, 0.1) is 16.9 Å². The SMILES string of the molecule is CC(ON=Cc1ccccc1OC(F)F)C(=O)Nc1ccc(Cl)cc1Cl. The number of halogens is 4. The maximum Gasteiger partial charge on any atom is 0.387 e. The van der Waals surface area contributed by atoms with Gasteiger partial charge in [0, 0.05) is 10.6 Å². The number of oxime groups is 1. The Morgan fingerprint density at radius 2 is 1.96 bits per heavy atom. The number of alkyl halides is 2. The summed E-state index contributed by atoms with van der Waals surface area (Å²) in [7, 11) is 0. The Hall–Kier alpha value is -2.38. The van der Waals surface area contributed by atoms with Crippen LogP contribution in [-0.2, 0) is 9.63 Å². The summed E-state index contributed by atoms with van der Waals surface area (Å²) < 4.78 is 29.1. The monoisotopic (exact) mass is 402 g/mol. The molecule has 5 nitrogen and oxygen atoms in total. The standard InChI is InChI=1S/C17H14Cl2F2N2O3/c1-10(16(24)23-14-7-6-12(18)8-13(14)19)26-22-9-11-4-2-3-5-15(11)25-17(20)21/h2-10,17H,1H3,(H,23,24). The third-order valence-corrected chi connectivity index (χ3v) is 3.65. The summed E-state index contributed by atoms with van der Waals surface area (Å²) in [6.07, 6.45) is 0.220. The zero-order chi connectivity index (χ0) is 19.1. The smallest absolute Gasteiger partial charge is 0.387 e. The number of nitrogens with one attached hydrogen (secondary N) is 1. The molecule has 0 bridgehead atoms. The molecule has 9 heteroatoms. The molecular formula is C17H14Cl2F2N2O3. The van der Waals surface area contributed by atoms with Crippen molar-refractivity contribution in [2.24, 2.45) is 5.16 Å². The van der Waals surface area contributed by atoms with E-state index in [1.165, 1.54) is 31.3 Å². The molecule has 2 aromatic rings. The van der Waals surface area contributed by atoms with Crippen molar-refractivity contribution < 1.29 is 23.1 Å². The molecule has 0 fully saturated rings. The molecule has 0 saturated carbocycles. The number of amides is 1. The van der Waals surface area contributed by atoms with E-state index in [0.717, 1.165) is 0 Å². The second kappa shape index (κ2) is 9.35. The number of ether oxygens (including phenoxy) is 1. The largest absolute Gasteiger partial charge is 0.434 e.